The zero-order chi connectivity index (χ0) is 21.2. The lowest BCUT2D eigenvalue weighted by Gasteiger charge is -2.16. The number of rotatable bonds is 12. The van der Waals surface area contributed by atoms with Crippen LogP contribution in [0.3, 0.4) is 0 Å². The Hall–Kier alpha value is -1.78. The van der Waals surface area contributed by atoms with E-state index in [-0.39, 0.29) is 0 Å². The summed E-state index contributed by atoms with van der Waals surface area (Å²) in [7, 11) is 0. The summed E-state index contributed by atoms with van der Waals surface area (Å²) in [6.07, 6.45) is 3.29. The SMILES string of the molecule is CCCCOCCCNCc1c(OCc2ccc(Cl)cc2Cl)ccc2ccccc12. The van der Waals surface area contributed by atoms with E-state index in [1.807, 2.05) is 18.2 Å². The third-order valence-electron chi connectivity index (χ3n) is 4.98. The third kappa shape index (κ3) is 6.61. The monoisotopic (exact) mass is 445 g/mol. The van der Waals surface area contributed by atoms with Crippen LogP contribution < -0.4 is 10.1 Å². The van der Waals surface area contributed by atoms with Gasteiger partial charge in [-0.05, 0) is 48.4 Å². The van der Waals surface area contributed by atoms with E-state index in [4.69, 9.17) is 32.7 Å². The number of nitrogens with one attached hydrogen (secondary N) is 1. The second-order valence-corrected chi connectivity index (χ2v) is 8.13. The van der Waals surface area contributed by atoms with Gasteiger partial charge in [-0.3, -0.25) is 0 Å². The highest BCUT2D eigenvalue weighted by Crippen LogP contribution is 2.30. The molecule has 0 atom stereocenters. The summed E-state index contributed by atoms with van der Waals surface area (Å²) in [5, 5.41) is 7.18. The summed E-state index contributed by atoms with van der Waals surface area (Å²) in [5.41, 5.74) is 2.07. The Balaban J connectivity index is 1.65. The van der Waals surface area contributed by atoms with Gasteiger partial charge in [0.15, 0.2) is 0 Å². The molecule has 0 aliphatic rings. The van der Waals surface area contributed by atoms with Gasteiger partial charge in [0.05, 0.1) is 0 Å². The van der Waals surface area contributed by atoms with Gasteiger partial charge in [0, 0.05) is 40.9 Å². The predicted molar refractivity (Wildman–Crippen MR) is 127 cm³/mol. The highest BCUT2D eigenvalue weighted by molar-refractivity contribution is 6.35. The van der Waals surface area contributed by atoms with Crippen molar-refractivity contribution >= 4 is 34.0 Å². The molecular weight excluding hydrogens is 417 g/mol. The van der Waals surface area contributed by atoms with Crippen molar-refractivity contribution in [3.8, 4) is 5.75 Å². The molecule has 5 heteroatoms. The molecule has 160 valence electrons. The molecule has 0 spiro atoms. The average Bonchev–Trinajstić information content (AvgIpc) is 2.75. The second kappa shape index (κ2) is 12.2. The van der Waals surface area contributed by atoms with Crippen LogP contribution >= 0.6 is 23.2 Å². The van der Waals surface area contributed by atoms with Crippen molar-refractivity contribution in [1.82, 2.24) is 5.32 Å². The Morgan fingerprint density at radius 2 is 1.77 bits per heavy atom. The molecule has 0 bridgehead atoms. The summed E-state index contributed by atoms with van der Waals surface area (Å²) >= 11 is 12.3. The van der Waals surface area contributed by atoms with E-state index in [0.29, 0.717) is 16.7 Å². The number of halogens is 2. The molecule has 3 nitrogen and oxygen atoms in total. The molecule has 0 unspecified atom stereocenters. The van der Waals surface area contributed by atoms with Gasteiger partial charge in [0.1, 0.15) is 12.4 Å². The normalized spacial score (nSPS) is 11.2. The highest BCUT2D eigenvalue weighted by atomic mass is 35.5. The van der Waals surface area contributed by atoms with Crippen LogP contribution in [-0.2, 0) is 17.9 Å². The minimum atomic E-state index is 0.395. The van der Waals surface area contributed by atoms with E-state index >= 15 is 0 Å². The minimum absolute atomic E-state index is 0.395. The van der Waals surface area contributed by atoms with E-state index in [9.17, 15) is 0 Å². The van der Waals surface area contributed by atoms with E-state index in [2.05, 4.69) is 42.6 Å². The van der Waals surface area contributed by atoms with E-state index in [1.54, 1.807) is 6.07 Å². The highest BCUT2D eigenvalue weighted by Gasteiger charge is 2.10. The van der Waals surface area contributed by atoms with Crippen LogP contribution in [0.4, 0.5) is 0 Å². The van der Waals surface area contributed by atoms with Gasteiger partial charge in [-0.2, -0.15) is 0 Å². The van der Waals surface area contributed by atoms with E-state index in [1.165, 1.54) is 17.2 Å². The van der Waals surface area contributed by atoms with E-state index < -0.39 is 0 Å². The van der Waals surface area contributed by atoms with Crippen LogP contribution in [0.15, 0.2) is 54.6 Å². The van der Waals surface area contributed by atoms with Crippen LogP contribution in [0.5, 0.6) is 5.75 Å². The van der Waals surface area contributed by atoms with Crippen LogP contribution in [0.2, 0.25) is 10.0 Å². The molecule has 3 aromatic carbocycles. The second-order valence-electron chi connectivity index (χ2n) is 7.28. The largest absolute Gasteiger partial charge is 0.488 e. The van der Waals surface area contributed by atoms with Crippen LogP contribution in [0.1, 0.15) is 37.3 Å². The molecule has 0 aliphatic heterocycles. The van der Waals surface area contributed by atoms with Crippen molar-refractivity contribution in [2.75, 3.05) is 19.8 Å². The first kappa shape index (κ1) is 22.9. The van der Waals surface area contributed by atoms with Crippen LogP contribution in [0, 0.1) is 0 Å². The molecule has 0 aromatic heterocycles. The fourth-order valence-electron chi connectivity index (χ4n) is 3.29. The van der Waals surface area contributed by atoms with E-state index in [0.717, 1.165) is 56.0 Å². The number of fused-ring (bicyclic) bond motifs is 1. The Morgan fingerprint density at radius 1 is 0.933 bits per heavy atom. The molecule has 1 N–H and O–H groups in total. The van der Waals surface area contributed by atoms with Gasteiger partial charge in [0.25, 0.3) is 0 Å². The fraction of sp³-hybridized carbons (Fsp3) is 0.360. The van der Waals surface area contributed by atoms with Crippen molar-refractivity contribution in [3.05, 3.63) is 75.8 Å². The molecule has 3 aromatic rings. The fourth-order valence-corrected chi connectivity index (χ4v) is 3.75. The number of hydrogen-bond donors (Lipinski definition) is 1. The maximum Gasteiger partial charge on any atom is 0.124 e. The molecule has 0 amide bonds. The first-order valence-electron chi connectivity index (χ1n) is 10.5. The van der Waals surface area contributed by atoms with Crippen molar-refractivity contribution in [1.29, 1.82) is 0 Å². The number of unbranched alkanes of at least 4 members (excludes halogenated alkanes) is 1. The molecule has 0 fully saturated rings. The van der Waals surface area contributed by atoms with Crippen molar-refractivity contribution in [3.63, 3.8) is 0 Å². The molecule has 0 saturated carbocycles. The Bertz CT molecular complexity index is 946. The quantitative estimate of drug-likeness (QED) is 0.303. The van der Waals surface area contributed by atoms with Crippen molar-refractivity contribution in [2.45, 2.75) is 39.3 Å². The minimum Gasteiger partial charge on any atom is -0.488 e. The van der Waals surface area contributed by atoms with Crippen molar-refractivity contribution in [2.24, 2.45) is 0 Å². The average molecular weight is 446 g/mol. The first-order chi connectivity index (χ1) is 14.7. The smallest absolute Gasteiger partial charge is 0.124 e. The summed E-state index contributed by atoms with van der Waals surface area (Å²) in [5.74, 6) is 0.867. The molecule has 3 rings (SSSR count). The van der Waals surface area contributed by atoms with Gasteiger partial charge < -0.3 is 14.8 Å². The van der Waals surface area contributed by atoms with Crippen LogP contribution in [-0.4, -0.2) is 19.8 Å². The van der Waals surface area contributed by atoms with Gasteiger partial charge in [-0.25, -0.2) is 0 Å². The third-order valence-corrected chi connectivity index (χ3v) is 5.57. The Labute approximate surface area is 189 Å². The Morgan fingerprint density at radius 3 is 2.60 bits per heavy atom. The topological polar surface area (TPSA) is 30.5 Å². The molecule has 0 heterocycles. The Kier molecular flexibility index (Phi) is 9.28. The zero-order valence-corrected chi connectivity index (χ0v) is 18.9. The summed E-state index contributed by atoms with van der Waals surface area (Å²) in [4.78, 5) is 0. The van der Waals surface area contributed by atoms with Gasteiger partial charge in [-0.15, -0.1) is 0 Å². The summed E-state index contributed by atoms with van der Waals surface area (Å²) in [6, 6.07) is 18.0. The lowest BCUT2D eigenvalue weighted by atomic mass is 10.0. The van der Waals surface area contributed by atoms with Crippen molar-refractivity contribution < 1.29 is 9.47 Å². The first-order valence-corrected chi connectivity index (χ1v) is 11.3. The lowest BCUT2D eigenvalue weighted by Crippen LogP contribution is -2.17. The summed E-state index contributed by atoms with van der Waals surface area (Å²) < 4.78 is 11.8. The molecule has 0 saturated heterocycles. The summed E-state index contributed by atoms with van der Waals surface area (Å²) in [6.45, 7) is 5.85. The van der Waals surface area contributed by atoms with Crippen LogP contribution in [0.25, 0.3) is 10.8 Å². The maximum atomic E-state index is 6.31. The molecule has 0 aliphatic carbocycles. The molecular formula is C25H29Cl2NO2. The zero-order valence-electron chi connectivity index (χ0n) is 17.4. The van der Waals surface area contributed by atoms with Gasteiger partial charge in [-0.1, -0.05) is 72.9 Å². The predicted octanol–water partition coefficient (Wildman–Crippen LogP) is 7.02. The lowest BCUT2D eigenvalue weighted by molar-refractivity contribution is 0.128. The number of ether oxygens (including phenoxy) is 2. The molecule has 0 radical (unpaired) electrons. The van der Waals surface area contributed by atoms with Gasteiger partial charge in [0.2, 0.25) is 0 Å². The van der Waals surface area contributed by atoms with Gasteiger partial charge >= 0.3 is 0 Å². The number of hydrogen-bond acceptors (Lipinski definition) is 3. The molecule has 30 heavy (non-hydrogen) atoms. The standard InChI is InChI=1S/C25H29Cl2NO2/c1-2-3-14-29-15-6-13-28-17-23-22-8-5-4-7-19(22)10-12-25(23)30-18-20-9-11-21(26)16-24(20)27/h4-5,7-12,16,28H,2-3,6,13-15,17-18H2,1H3. The number of benzene rings is 3. The maximum absolute atomic E-state index is 6.31.